The van der Waals surface area contributed by atoms with Crippen molar-refractivity contribution in [2.75, 3.05) is 32.8 Å². The summed E-state index contributed by atoms with van der Waals surface area (Å²) in [5, 5.41) is 0. The summed E-state index contributed by atoms with van der Waals surface area (Å²) in [5.74, 6) is -0.0140. The van der Waals surface area contributed by atoms with Crippen LogP contribution in [0.5, 0.6) is 0 Å². The molecule has 3 saturated heterocycles. The van der Waals surface area contributed by atoms with E-state index in [1.54, 1.807) is 6.07 Å². The highest BCUT2D eigenvalue weighted by Gasteiger charge is 2.40. The maximum Gasteiger partial charge on any atom is 0.243 e. The van der Waals surface area contributed by atoms with E-state index >= 15 is 0 Å². The van der Waals surface area contributed by atoms with Crippen LogP contribution in [0.4, 0.5) is 0 Å². The minimum Gasteiger partial charge on any atom is -0.348 e. The largest absolute Gasteiger partial charge is 0.348 e. The van der Waals surface area contributed by atoms with Gasteiger partial charge in [-0.2, -0.15) is 4.31 Å². The van der Waals surface area contributed by atoms with E-state index in [0.717, 1.165) is 36.9 Å². The molecule has 8 heteroatoms. The lowest BCUT2D eigenvalue weighted by Crippen LogP contribution is -2.53. The molecule has 30 heavy (non-hydrogen) atoms. The number of ether oxygens (including phenoxy) is 2. The highest BCUT2D eigenvalue weighted by Crippen LogP contribution is 2.30. The normalized spacial score (nSPS) is 25.0. The van der Waals surface area contributed by atoms with Crippen LogP contribution in [-0.2, 0) is 24.3 Å². The molecule has 0 radical (unpaired) electrons. The number of benzene rings is 1. The van der Waals surface area contributed by atoms with Gasteiger partial charge in [-0.3, -0.25) is 4.79 Å². The van der Waals surface area contributed by atoms with Crippen LogP contribution in [-0.4, -0.2) is 68.7 Å². The number of hydrogen-bond donors (Lipinski definition) is 0. The van der Waals surface area contributed by atoms with Crippen LogP contribution < -0.4 is 0 Å². The van der Waals surface area contributed by atoms with Crippen LogP contribution in [0.2, 0.25) is 0 Å². The molecule has 3 aliphatic rings. The second-order valence-electron chi connectivity index (χ2n) is 8.65. The molecule has 0 aliphatic carbocycles. The highest BCUT2D eigenvalue weighted by atomic mass is 32.2. The predicted octanol–water partition coefficient (Wildman–Crippen LogP) is 2.46. The third-order valence-corrected chi connectivity index (χ3v) is 8.60. The zero-order valence-electron chi connectivity index (χ0n) is 17.9. The van der Waals surface area contributed by atoms with Crippen molar-refractivity contribution in [3.05, 3.63) is 29.3 Å². The van der Waals surface area contributed by atoms with E-state index in [2.05, 4.69) is 0 Å². The molecule has 3 fully saturated rings. The Kier molecular flexibility index (Phi) is 6.48. The summed E-state index contributed by atoms with van der Waals surface area (Å²) >= 11 is 0. The van der Waals surface area contributed by atoms with Gasteiger partial charge >= 0.3 is 0 Å². The number of likely N-dealkylation sites (tertiary alicyclic amines) is 1. The Morgan fingerprint density at radius 3 is 2.37 bits per heavy atom. The molecule has 0 spiro atoms. The Morgan fingerprint density at radius 2 is 1.70 bits per heavy atom. The predicted molar refractivity (Wildman–Crippen MR) is 112 cm³/mol. The molecule has 4 rings (SSSR count). The van der Waals surface area contributed by atoms with Crippen molar-refractivity contribution in [1.82, 2.24) is 9.21 Å². The lowest BCUT2D eigenvalue weighted by atomic mass is 9.93. The van der Waals surface area contributed by atoms with Gasteiger partial charge in [-0.05, 0) is 57.6 Å². The Morgan fingerprint density at radius 1 is 1.00 bits per heavy atom. The van der Waals surface area contributed by atoms with Gasteiger partial charge in [0.1, 0.15) is 0 Å². The van der Waals surface area contributed by atoms with Gasteiger partial charge in [-0.15, -0.1) is 0 Å². The first kappa shape index (κ1) is 21.7. The first-order valence-corrected chi connectivity index (χ1v) is 12.4. The Bertz CT molecular complexity index is 874. The van der Waals surface area contributed by atoms with Crippen LogP contribution in [0.3, 0.4) is 0 Å². The van der Waals surface area contributed by atoms with Gasteiger partial charge in [0.2, 0.25) is 15.9 Å². The van der Waals surface area contributed by atoms with E-state index in [0.29, 0.717) is 44.0 Å². The molecule has 3 heterocycles. The molecule has 166 valence electrons. The topological polar surface area (TPSA) is 76.2 Å². The third-order valence-electron chi connectivity index (χ3n) is 6.55. The summed E-state index contributed by atoms with van der Waals surface area (Å²) in [4.78, 5) is 15.6. The van der Waals surface area contributed by atoms with Crippen LogP contribution in [0.25, 0.3) is 0 Å². The van der Waals surface area contributed by atoms with Gasteiger partial charge in [-0.25, -0.2) is 8.42 Å². The Hall–Kier alpha value is -1.48. The van der Waals surface area contributed by atoms with E-state index in [1.165, 1.54) is 4.31 Å². The summed E-state index contributed by atoms with van der Waals surface area (Å²) in [7, 11) is -3.54. The van der Waals surface area contributed by atoms with Gasteiger partial charge in [0, 0.05) is 25.6 Å². The molecule has 1 aromatic rings. The molecule has 0 bridgehead atoms. The standard InChI is InChI=1S/C22H32N2O5S/c1-16-6-7-20(17(2)15-16)30(26,27)23-11-8-18(9-12-23)21(25)24-10-4-3-5-19(24)22-28-13-14-29-22/h6-7,15,18-19,22H,3-5,8-14H2,1-2H3. The zero-order valence-corrected chi connectivity index (χ0v) is 18.7. The van der Waals surface area contributed by atoms with Crippen molar-refractivity contribution in [3.8, 4) is 0 Å². The fourth-order valence-corrected chi connectivity index (χ4v) is 6.59. The maximum absolute atomic E-state index is 13.3. The van der Waals surface area contributed by atoms with Crippen molar-refractivity contribution in [2.45, 2.75) is 63.2 Å². The van der Waals surface area contributed by atoms with Gasteiger partial charge in [0.25, 0.3) is 0 Å². The number of sulfonamides is 1. The second kappa shape index (κ2) is 8.94. The number of aryl methyl sites for hydroxylation is 2. The van der Waals surface area contributed by atoms with E-state index in [4.69, 9.17) is 9.47 Å². The summed E-state index contributed by atoms with van der Waals surface area (Å²) in [5.41, 5.74) is 1.81. The van der Waals surface area contributed by atoms with Crippen LogP contribution in [0.15, 0.2) is 23.1 Å². The summed E-state index contributed by atoms with van der Waals surface area (Å²) < 4.78 is 39.1. The van der Waals surface area contributed by atoms with E-state index in [1.807, 2.05) is 30.9 Å². The van der Waals surface area contributed by atoms with Gasteiger partial charge in [-0.1, -0.05) is 17.7 Å². The summed E-state index contributed by atoms with van der Waals surface area (Å²) in [6, 6.07) is 5.40. The molecule has 1 unspecified atom stereocenters. The summed E-state index contributed by atoms with van der Waals surface area (Å²) in [6.45, 7) is 6.43. The van der Waals surface area contributed by atoms with Crippen molar-refractivity contribution >= 4 is 15.9 Å². The van der Waals surface area contributed by atoms with Gasteiger partial charge in [0.15, 0.2) is 6.29 Å². The second-order valence-corrected chi connectivity index (χ2v) is 10.6. The smallest absolute Gasteiger partial charge is 0.243 e. The van der Waals surface area contributed by atoms with Crippen LogP contribution >= 0.6 is 0 Å². The lowest BCUT2D eigenvalue weighted by molar-refractivity contribution is -0.155. The average Bonchev–Trinajstić information content (AvgIpc) is 3.28. The summed E-state index contributed by atoms with van der Waals surface area (Å²) in [6.07, 6.45) is 3.76. The average molecular weight is 437 g/mol. The number of nitrogens with zero attached hydrogens (tertiary/aromatic N) is 2. The number of amides is 1. The fraction of sp³-hybridized carbons (Fsp3) is 0.682. The molecule has 1 atom stereocenters. The maximum atomic E-state index is 13.3. The van der Waals surface area contributed by atoms with Crippen molar-refractivity contribution in [2.24, 2.45) is 5.92 Å². The minimum absolute atomic E-state index is 0.0225. The fourth-order valence-electron chi connectivity index (χ4n) is 4.92. The van der Waals surface area contributed by atoms with E-state index in [-0.39, 0.29) is 24.2 Å². The van der Waals surface area contributed by atoms with Crippen LogP contribution in [0, 0.1) is 19.8 Å². The number of carbonyl (C=O) groups is 1. The van der Waals surface area contributed by atoms with E-state index in [9.17, 15) is 13.2 Å². The molecule has 0 aromatic heterocycles. The van der Waals surface area contributed by atoms with E-state index < -0.39 is 10.0 Å². The number of hydrogen-bond acceptors (Lipinski definition) is 5. The molecule has 1 amide bonds. The molecule has 0 N–H and O–H groups in total. The number of rotatable bonds is 4. The molecule has 0 saturated carbocycles. The molecular formula is C22H32N2O5S. The molecular weight excluding hydrogens is 404 g/mol. The molecule has 7 nitrogen and oxygen atoms in total. The van der Waals surface area contributed by atoms with Gasteiger partial charge < -0.3 is 14.4 Å². The third kappa shape index (κ3) is 4.28. The number of piperidine rings is 2. The SMILES string of the molecule is Cc1ccc(S(=O)(=O)N2CCC(C(=O)N3CCCCC3C3OCCO3)CC2)c(C)c1. The molecule has 3 aliphatic heterocycles. The monoisotopic (exact) mass is 436 g/mol. The Balaban J connectivity index is 1.41. The first-order valence-electron chi connectivity index (χ1n) is 11.0. The zero-order chi connectivity index (χ0) is 21.3. The Labute approximate surface area is 179 Å². The first-order chi connectivity index (χ1) is 14.4. The molecule has 1 aromatic carbocycles. The number of carbonyl (C=O) groups excluding carboxylic acids is 1. The minimum atomic E-state index is -3.54. The van der Waals surface area contributed by atoms with Crippen molar-refractivity contribution < 1.29 is 22.7 Å². The van der Waals surface area contributed by atoms with Crippen molar-refractivity contribution in [1.29, 1.82) is 0 Å². The quantitative estimate of drug-likeness (QED) is 0.725. The van der Waals surface area contributed by atoms with Crippen LogP contribution in [0.1, 0.15) is 43.2 Å². The van der Waals surface area contributed by atoms with Gasteiger partial charge in [0.05, 0.1) is 24.2 Å². The highest BCUT2D eigenvalue weighted by molar-refractivity contribution is 7.89. The lowest BCUT2D eigenvalue weighted by Gasteiger charge is -2.41. The van der Waals surface area contributed by atoms with Crippen molar-refractivity contribution in [3.63, 3.8) is 0 Å².